The van der Waals surface area contributed by atoms with E-state index in [1.165, 1.54) is 0 Å². The van der Waals surface area contributed by atoms with Gasteiger partial charge in [-0.25, -0.2) is 10.9 Å². The molecular weight excluding hydrogens is 178 g/mol. The largest absolute Gasteiger partial charge is 0.375 e. The van der Waals surface area contributed by atoms with Gasteiger partial charge in [0.2, 0.25) is 5.78 Å². The highest BCUT2D eigenvalue weighted by atomic mass is 32.1. The third-order valence-corrected chi connectivity index (χ3v) is 2.31. The second-order valence-electron chi connectivity index (χ2n) is 2.20. The summed E-state index contributed by atoms with van der Waals surface area (Å²) >= 11 is 1.14. The van der Waals surface area contributed by atoms with E-state index >= 15 is 0 Å². The number of ketones is 1. The molecule has 12 heavy (non-hydrogen) atoms. The van der Waals surface area contributed by atoms with E-state index in [-0.39, 0.29) is 12.4 Å². The Morgan fingerprint density at radius 2 is 2.42 bits per heavy atom. The second-order valence-corrected chi connectivity index (χ2v) is 3.23. The summed E-state index contributed by atoms with van der Waals surface area (Å²) in [4.78, 5) is 19.8. The van der Waals surface area contributed by atoms with Crippen molar-refractivity contribution in [2.24, 2.45) is 5.90 Å². The summed E-state index contributed by atoms with van der Waals surface area (Å²) in [5, 5.41) is 0.382. The lowest BCUT2D eigenvalue weighted by molar-refractivity contribution is 0.0766. The number of nitrogens with zero attached hydrogens (tertiary/aromatic N) is 1. The topological polar surface area (TPSA) is 91.2 Å². The Kier molecular flexibility index (Phi) is 2.74. The van der Waals surface area contributed by atoms with Crippen molar-refractivity contribution in [1.29, 1.82) is 0 Å². The van der Waals surface area contributed by atoms with Crippen LogP contribution in [0.2, 0.25) is 0 Å². The Bertz CT molecular complexity index is 297. The first-order valence-electron chi connectivity index (χ1n) is 3.23. The number of carbonyl (C=O) groups excluding carboxylic acids is 1. The van der Waals surface area contributed by atoms with Gasteiger partial charge in [-0.2, -0.15) is 0 Å². The Morgan fingerprint density at radius 3 is 2.83 bits per heavy atom. The van der Waals surface area contributed by atoms with E-state index in [4.69, 9.17) is 11.6 Å². The minimum atomic E-state index is -0.191. The lowest BCUT2D eigenvalue weighted by Gasteiger charge is -1.94. The molecule has 0 amide bonds. The van der Waals surface area contributed by atoms with Gasteiger partial charge in [-0.15, -0.1) is 0 Å². The molecule has 6 heteroatoms. The normalized spacial score (nSPS) is 10.2. The molecule has 5 nitrogen and oxygen atoms in total. The van der Waals surface area contributed by atoms with Crippen LogP contribution in [0, 0.1) is 6.92 Å². The van der Waals surface area contributed by atoms with E-state index < -0.39 is 0 Å². The summed E-state index contributed by atoms with van der Waals surface area (Å²) in [7, 11) is 0. The fourth-order valence-corrected chi connectivity index (χ4v) is 1.58. The predicted octanol–water partition coefficient (Wildman–Crippen LogP) is 0.107. The van der Waals surface area contributed by atoms with Gasteiger partial charge in [-0.1, -0.05) is 11.3 Å². The van der Waals surface area contributed by atoms with Crippen molar-refractivity contribution in [3.63, 3.8) is 0 Å². The molecule has 1 aromatic rings. The number of hydrogen-bond donors (Lipinski definition) is 2. The molecule has 0 aliphatic carbocycles. The minimum Gasteiger partial charge on any atom is -0.375 e. The first-order valence-corrected chi connectivity index (χ1v) is 4.04. The maximum absolute atomic E-state index is 11.2. The number of anilines is 1. The van der Waals surface area contributed by atoms with Gasteiger partial charge in [0.05, 0.1) is 10.6 Å². The summed E-state index contributed by atoms with van der Waals surface area (Å²) in [6.07, 6.45) is 0. The SMILES string of the molecule is Cc1nc(N)sc1C(=O)CON. The van der Waals surface area contributed by atoms with E-state index in [0.717, 1.165) is 11.3 Å². The third kappa shape index (κ3) is 1.79. The van der Waals surface area contributed by atoms with Crippen LogP contribution >= 0.6 is 11.3 Å². The smallest absolute Gasteiger partial charge is 0.202 e. The number of aryl methyl sites for hydroxylation is 1. The van der Waals surface area contributed by atoms with Gasteiger partial charge in [-0.3, -0.25) is 9.63 Å². The van der Waals surface area contributed by atoms with E-state index in [0.29, 0.717) is 15.7 Å². The Morgan fingerprint density at radius 1 is 1.75 bits per heavy atom. The van der Waals surface area contributed by atoms with Crippen molar-refractivity contribution >= 4 is 22.3 Å². The van der Waals surface area contributed by atoms with Crippen LogP contribution in [0.5, 0.6) is 0 Å². The molecule has 0 aliphatic heterocycles. The maximum Gasteiger partial charge on any atom is 0.202 e. The number of nitrogens with two attached hydrogens (primary N) is 2. The molecule has 0 fully saturated rings. The number of thiazole rings is 1. The minimum absolute atomic E-state index is 0.136. The molecule has 0 unspecified atom stereocenters. The number of Topliss-reactive ketones (excluding diaryl/α,β-unsaturated/α-hetero) is 1. The molecule has 1 heterocycles. The van der Waals surface area contributed by atoms with Crippen molar-refractivity contribution in [3.05, 3.63) is 10.6 Å². The lowest BCUT2D eigenvalue weighted by atomic mass is 10.3. The summed E-state index contributed by atoms with van der Waals surface area (Å²) in [6.45, 7) is 1.58. The van der Waals surface area contributed by atoms with Gasteiger partial charge in [0.15, 0.2) is 5.13 Å². The highest BCUT2D eigenvalue weighted by molar-refractivity contribution is 7.17. The number of nitrogen functional groups attached to an aromatic ring is 1. The highest BCUT2D eigenvalue weighted by Crippen LogP contribution is 2.19. The number of rotatable bonds is 3. The summed E-state index contributed by atoms with van der Waals surface area (Å²) < 4.78 is 0. The van der Waals surface area contributed by atoms with Crippen LogP contribution < -0.4 is 11.6 Å². The summed E-state index contributed by atoms with van der Waals surface area (Å²) in [6, 6.07) is 0. The molecule has 0 aliphatic rings. The van der Waals surface area contributed by atoms with Gasteiger partial charge < -0.3 is 5.73 Å². The van der Waals surface area contributed by atoms with Crippen LogP contribution in [0.3, 0.4) is 0 Å². The molecule has 0 bridgehead atoms. The lowest BCUT2D eigenvalue weighted by Crippen LogP contribution is -2.12. The third-order valence-electron chi connectivity index (χ3n) is 1.28. The molecule has 4 N–H and O–H groups in total. The summed E-state index contributed by atoms with van der Waals surface area (Å²) in [5.74, 6) is 4.57. The van der Waals surface area contributed by atoms with Crippen LogP contribution in [-0.4, -0.2) is 17.4 Å². The van der Waals surface area contributed by atoms with E-state index in [2.05, 4.69) is 9.82 Å². The van der Waals surface area contributed by atoms with Crippen molar-refractivity contribution in [3.8, 4) is 0 Å². The monoisotopic (exact) mass is 187 g/mol. The van der Waals surface area contributed by atoms with Crippen LogP contribution in [0.4, 0.5) is 5.13 Å². The first kappa shape index (κ1) is 9.11. The maximum atomic E-state index is 11.2. The van der Waals surface area contributed by atoms with Gasteiger partial charge in [-0.05, 0) is 6.92 Å². The molecule has 0 aromatic carbocycles. The summed E-state index contributed by atoms with van der Waals surface area (Å²) in [5.41, 5.74) is 6.02. The van der Waals surface area contributed by atoms with Crippen LogP contribution in [-0.2, 0) is 4.84 Å². The average molecular weight is 187 g/mol. The van der Waals surface area contributed by atoms with Crippen LogP contribution in [0.1, 0.15) is 15.4 Å². The zero-order valence-corrected chi connectivity index (χ0v) is 7.35. The van der Waals surface area contributed by atoms with Gasteiger partial charge in [0.1, 0.15) is 6.61 Å². The van der Waals surface area contributed by atoms with E-state index in [1.807, 2.05) is 0 Å². The van der Waals surface area contributed by atoms with Crippen molar-refractivity contribution in [1.82, 2.24) is 4.98 Å². The van der Waals surface area contributed by atoms with Gasteiger partial charge in [0.25, 0.3) is 0 Å². The first-order chi connectivity index (χ1) is 5.65. The Balaban J connectivity index is 2.87. The molecular formula is C6H9N3O2S. The zero-order chi connectivity index (χ0) is 9.14. The highest BCUT2D eigenvalue weighted by Gasteiger charge is 2.13. The molecule has 0 saturated heterocycles. The van der Waals surface area contributed by atoms with Gasteiger partial charge >= 0.3 is 0 Å². The fourth-order valence-electron chi connectivity index (χ4n) is 0.817. The number of aromatic nitrogens is 1. The second kappa shape index (κ2) is 3.61. The quantitative estimate of drug-likeness (QED) is 0.517. The molecule has 66 valence electrons. The van der Waals surface area contributed by atoms with Crippen molar-refractivity contribution in [2.75, 3.05) is 12.3 Å². The zero-order valence-electron chi connectivity index (χ0n) is 6.53. The average Bonchev–Trinajstić information content (AvgIpc) is 2.30. The van der Waals surface area contributed by atoms with Gasteiger partial charge in [0, 0.05) is 0 Å². The Labute approximate surface area is 73.3 Å². The van der Waals surface area contributed by atoms with Crippen LogP contribution in [0.15, 0.2) is 0 Å². The molecule has 1 rings (SSSR count). The standard InChI is InChI=1S/C6H9N3O2S/c1-3-5(4(10)2-11-8)12-6(7)9-3/h2,8H2,1H3,(H2,7,9). The van der Waals surface area contributed by atoms with Crippen molar-refractivity contribution in [2.45, 2.75) is 6.92 Å². The predicted molar refractivity (Wildman–Crippen MR) is 45.7 cm³/mol. The Hall–Kier alpha value is -0.980. The van der Waals surface area contributed by atoms with E-state index in [9.17, 15) is 4.79 Å². The molecule has 0 spiro atoms. The van der Waals surface area contributed by atoms with Crippen molar-refractivity contribution < 1.29 is 9.63 Å². The molecule has 0 radical (unpaired) electrons. The molecule has 1 aromatic heterocycles. The van der Waals surface area contributed by atoms with E-state index in [1.54, 1.807) is 6.92 Å². The molecule has 0 saturated carbocycles. The number of hydrogen-bond acceptors (Lipinski definition) is 6. The number of carbonyl (C=O) groups is 1. The molecule has 0 atom stereocenters. The van der Waals surface area contributed by atoms with Crippen LogP contribution in [0.25, 0.3) is 0 Å². The fraction of sp³-hybridized carbons (Fsp3) is 0.333.